The van der Waals surface area contributed by atoms with Crippen LogP contribution in [-0.2, 0) is 13.1 Å². The molecule has 2 rings (SSSR count). The average molecular weight is 233 g/mol. The maximum Gasteiger partial charge on any atom is 0.269 e. The maximum atomic E-state index is 10.6. The Balaban J connectivity index is 1.90. The molecule has 88 valence electrons. The van der Waals surface area contributed by atoms with E-state index in [-0.39, 0.29) is 5.69 Å². The number of rotatable bonds is 5. The number of nitrogens with one attached hydrogen (secondary N) is 1. The van der Waals surface area contributed by atoms with E-state index in [9.17, 15) is 10.1 Å². The summed E-state index contributed by atoms with van der Waals surface area (Å²) in [5.41, 5.74) is 0.961. The molecular weight excluding hydrogens is 222 g/mol. The summed E-state index contributed by atoms with van der Waals surface area (Å²) in [6, 6.07) is 8.29. The first-order valence-electron chi connectivity index (χ1n) is 5.09. The van der Waals surface area contributed by atoms with Crippen molar-refractivity contribution in [3.63, 3.8) is 0 Å². The maximum absolute atomic E-state index is 10.6. The minimum Gasteiger partial charge on any atom is -0.360 e. The summed E-state index contributed by atoms with van der Waals surface area (Å²) in [6.07, 6.45) is 1.57. The topological polar surface area (TPSA) is 81.2 Å². The normalized spacial score (nSPS) is 10.4. The molecule has 0 saturated heterocycles. The minimum absolute atomic E-state index is 0.101. The zero-order valence-electron chi connectivity index (χ0n) is 9.00. The van der Waals surface area contributed by atoms with Crippen LogP contribution < -0.4 is 5.32 Å². The summed E-state index contributed by atoms with van der Waals surface area (Å²) in [5, 5.41) is 17.3. The van der Waals surface area contributed by atoms with E-state index in [0.29, 0.717) is 13.1 Å². The number of nitro groups is 1. The minimum atomic E-state index is -0.403. The highest BCUT2D eigenvalue weighted by molar-refractivity contribution is 5.34. The monoisotopic (exact) mass is 233 g/mol. The molecule has 6 nitrogen and oxygen atoms in total. The highest BCUT2D eigenvalue weighted by atomic mass is 16.6. The number of nitrogens with zero attached hydrogens (tertiary/aromatic N) is 2. The Bertz CT molecular complexity index is 496. The van der Waals surface area contributed by atoms with Crippen molar-refractivity contribution in [1.29, 1.82) is 0 Å². The molecule has 0 spiro atoms. The summed E-state index contributed by atoms with van der Waals surface area (Å²) in [5.74, 6) is 0.732. The van der Waals surface area contributed by atoms with Crippen LogP contribution in [0.3, 0.4) is 0 Å². The van der Waals surface area contributed by atoms with Gasteiger partial charge in [-0.25, -0.2) is 0 Å². The molecule has 0 radical (unpaired) electrons. The zero-order chi connectivity index (χ0) is 12.1. The highest BCUT2D eigenvalue weighted by Gasteiger charge is 2.05. The lowest BCUT2D eigenvalue weighted by atomic mass is 10.2. The van der Waals surface area contributed by atoms with Gasteiger partial charge < -0.3 is 9.84 Å². The molecular formula is C11H11N3O3. The van der Waals surface area contributed by atoms with Crippen LogP contribution >= 0.6 is 0 Å². The highest BCUT2D eigenvalue weighted by Crippen LogP contribution is 2.12. The summed E-state index contributed by atoms with van der Waals surface area (Å²) >= 11 is 0. The van der Waals surface area contributed by atoms with E-state index in [0.717, 1.165) is 11.3 Å². The van der Waals surface area contributed by atoms with Crippen LogP contribution in [0.2, 0.25) is 0 Å². The lowest BCUT2D eigenvalue weighted by Gasteiger charge is -2.02. The number of aromatic nitrogens is 1. The molecule has 1 aromatic carbocycles. The van der Waals surface area contributed by atoms with Gasteiger partial charge in [0.05, 0.1) is 17.7 Å². The fourth-order valence-corrected chi connectivity index (χ4v) is 1.44. The van der Waals surface area contributed by atoms with Crippen molar-refractivity contribution in [3.05, 3.63) is 58.0 Å². The lowest BCUT2D eigenvalue weighted by Crippen LogP contribution is -2.12. The van der Waals surface area contributed by atoms with E-state index in [1.54, 1.807) is 24.4 Å². The van der Waals surface area contributed by atoms with E-state index >= 15 is 0 Å². The number of benzene rings is 1. The zero-order valence-corrected chi connectivity index (χ0v) is 9.00. The van der Waals surface area contributed by atoms with Gasteiger partial charge >= 0.3 is 0 Å². The fourth-order valence-electron chi connectivity index (χ4n) is 1.44. The number of hydrogen-bond donors (Lipinski definition) is 1. The van der Waals surface area contributed by atoms with Crippen LogP contribution in [0.4, 0.5) is 5.69 Å². The summed E-state index contributed by atoms with van der Waals surface area (Å²) < 4.78 is 4.91. The van der Waals surface area contributed by atoms with E-state index in [4.69, 9.17) is 4.52 Å². The van der Waals surface area contributed by atoms with Crippen molar-refractivity contribution in [3.8, 4) is 0 Å². The number of nitro benzene ring substituents is 1. The van der Waals surface area contributed by atoms with Gasteiger partial charge in [0.25, 0.3) is 5.69 Å². The quantitative estimate of drug-likeness (QED) is 0.629. The third-order valence-electron chi connectivity index (χ3n) is 2.24. The second kappa shape index (κ2) is 5.22. The lowest BCUT2D eigenvalue weighted by molar-refractivity contribution is -0.384. The molecule has 0 unspecified atom stereocenters. The van der Waals surface area contributed by atoms with Crippen LogP contribution in [0.25, 0.3) is 0 Å². The van der Waals surface area contributed by atoms with Crippen molar-refractivity contribution in [1.82, 2.24) is 10.5 Å². The Morgan fingerprint density at radius 1 is 1.35 bits per heavy atom. The van der Waals surface area contributed by atoms with Crippen molar-refractivity contribution in [2.45, 2.75) is 13.1 Å². The van der Waals surface area contributed by atoms with Crippen molar-refractivity contribution in [2.24, 2.45) is 0 Å². The van der Waals surface area contributed by atoms with E-state index < -0.39 is 4.92 Å². The molecule has 0 amide bonds. The largest absolute Gasteiger partial charge is 0.360 e. The smallest absolute Gasteiger partial charge is 0.269 e. The van der Waals surface area contributed by atoms with Crippen LogP contribution in [0.15, 0.2) is 41.1 Å². The molecule has 0 atom stereocenters. The molecule has 0 aliphatic heterocycles. The van der Waals surface area contributed by atoms with Gasteiger partial charge in [-0.1, -0.05) is 17.3 Å². The molecule has 1 aromatic heterocycles. The Morgan fingerprint density at radius 2 is 2.24 bits per heavy atom. The van der Waals surface area contributed by atoms with Gasteiger partial charge in [-0.15, -0.1) is 0 Å². The molecule has 0 aliphatic rings. The van der Waals surface area contributed by atoms with E-state index in [2.05, 4.69) is 10.5 Å². The van der Waals surface area contributed by atoms with Gasteiger partial charge in [0.2, 0.25) is 0 Å². The van der Waals surface area contributed by atoms with Crippen molar-refractivity contribution < 1.29 is 9.45 Å². The summed E-state index contributed by atoms with van der Waals surface area (Å²) in [6.45, 7) is 1.09. The molecule has 6 heteroatoms. The number of hydrogen-bond acceptors (Lipinski definition) is 5. The van der Waals surface area contributed by atoms with Gasteiger partial charge in [-0.2, -0.15) is 0 Å². The average Bonchev–Trinajstić information content (AvgIpc) is 2.82. The van der Waals surface area contributed by atoms with Crippen molar-refractivity contribution >= 4 is 5.69 Å². The Labute approximate surface area is 97.4 Å². The van der Waals surface area contributed by atoms with Crippen LogP contribution in [-0.4, -0.2) is 10.1 Å². The fraction of sp³-hybridized carbons (Fsp3) is 0.182. The van der Waals surface area contributed by atoms with Crippen LogP contribution in [0.1, 0.15) is 11.3 Å². The van der Waals surface area contributed by atoms with Crippen LogP contribution in [0.5, 0.6) is 0 Å². The standard InChI is InChI=1S/C11H11N3O3/c15-14(16)10-3-1-2-9(6-10)7-12-8-11-4-5-13-17-11/h1-6,12H,7-8H2. The van der Waals surface area contributed by atoms with E-state index in [1.807, 2.05) is 6.07 Å². The van der Waals surface area contributed by atoms with E-state index in [1.165, 1.54) is 6.07 Å². The Kier molecular flexibility index (Phi) is 3.46. The van der Waals surface area contributed by atoms with Gasteiger partial charge in [-0.05, 0) is 5.56 Å². The first-order valence-corrected chi connectivity index (χ1v) is 5.09. The predicted molar refractivity (Wildman–Crippen MR) is 60.1 cm³/mol. The molecule has 17 heavy (non-hydrogen) atoms. The first-order chi connectivity index (χ1) is 8.25. The molecule has 0 aliphatic carbocycles. The Hall–Kier alpha value is -2.21. The van der Waals surface area contributed by atoms with Gasteiger partial charge in [0.1, 0.15) is 5.76 Å². The SMILES string of the molecule is O=[N+]([O-])c1cccc(CNCc2ccno2)c1. The molecule has 2 aromatic rings. The third-order valence-corrected chi connectivity index (χ3v) is 2.24. The molecule has 1 N–H and O–H groups in total. The van der Waals surface area contributed by atoms with Crippen LogP contribution in [0, 0.1) is 10.1 Å². The molecule has 0 fully saturated rings. The Morgan fingerprint density at radius 3 is 2.94 bits per heavy atom. The summed E-state index contributed by atoms with van der Waals surface area (Å²) in [4.78, 5) is 10.2. The van der Waals surface area contributed by atoms with Crippen molar-refractivity contribution in [2.75, 3.05) is 0 Å². The first kappa shape index (κ1) is 11.3. The van der Waals surface area contributed by atoms with Gasteiger partial charge in [0.15, 0.2) is 0 Å². The predicted octanol–water partition coefficient (Wildman–Crippen LogP) is 1.87. The third kappa shape index (κ3) is 3.12. The second-order valence-electron chi connectivity index (χ2n) is 3.51. The van der Waals surface area contributed by atoms with Gasteiger partial charge in [-0.3, -0.25) is 10.1 Å². The molecule has 0 saturated carbocycles. The molecule has 0 bridgehead atoms. The summed E-state index contributed by atoms with van der Waals surface area (Å²) in [7, 11) is 0. The number of non-ortho nitro benzene ring substituents is 1. The second-order valence-corrected chi connectivity index (χ2v) is 3.51. The molecule has 1 heterocycles. The van der Waals surface area contributed by atoms with Gasteiger partial charge in [0, 0.05) is 24.7 Å².